The van der Waals surface area contributed by atoms with Crippen LogP contribution in [-0.2, 0) is 6.18 Å². The summed E-state index contributed by atoms with van der Waals surface area (Å²) in [5.74, 6) is 0.129. The number of ether oxygens (including phenoxy) is 2. The Morgan fingerprint density at radius 1 is 0.897 bits per heavy atom. The fraction of sp³-hybridized carbons (Fsp3) is 0.0714. The Labute approximate surface area is 219 Å². The number of hydrogen-bond donors (Lipinski definition) is 2. The van der Waals surface area contributed by atoms with Gasteiger partial charge in [0, 0.05) is 30.8 Å². The van der Waals surface area contributed by atoms with Crippen LogP contribution in [0.15, 0.2) is 91.3 Å². The number of fused-ring (bicyclic) bond motifs is 1. The van der Waals surface area contributed by atoms with E-state index in [9.17, 15) is 22.4 Å². The van der Waals surface area contributed by atoms with Gasteiger partial charge in [0.25, 0.3) is 0 Å². The van der Waals surface area contributed by atoms with Gasteiger partial charge in [-0.25, -0.2) is 14.2 Å². The Bertz CT molecular complexity index is 1620. The molecule has 0 spiro atoms. The maximum absolute atomic E-state index is 13.7. The molecule has 0 saturated carbocycles. The molecular weight excluding hydrogens is 516 g/mol. The van der Waals surface area contributed by atoms with Crippen LogP contribution in [0.25, 0.3) is 11.0 Å². The summed E-state index contributed by atoms with van der Waals surface area (Å²) < 4.78 is 65.6. The zero-order valence-electron chi connectivity index (χ0n) is 20.3. The molecule has 3 aromatic carbocycles. The first kappa shape index (κ1) is 25.6. The number of carbonyl (C=O) groups excluding carboxylic acids is 1. The topological polar surface area (TPSA) is 79.5 Å². The first-order chi connectivity index (χ1) is 18.7. The van der Waals surface area contributed by atoms with Gasteiger partial charge in [0.05, 0.1) is 5.39 Å². The molecule has 39 heavy (non-hydrogen) atoms. The Kier molecular flexibility index (Phi) is 6.80. The number of H-pyrrole nitrogens is 1. The minimum atomic E-state index is -4.77. The average Bonchev–Trinajstić information content (AvgIpc) is 3.40. The molecule has 0 aliphatic rings. The van der Waals surface area contributed by atoms with Crippen molar-refractivity contribution in [2.45, 2.75) is 6.18 Å². The number of nitrogens with one attached hydrogen (secondary N) is 2. The number of benzene rings is 3. The molecule has 0 fully saturated rings. The lowest BCUT2D eigenvalue weighted by Gasteiger charge is -2.20. The van der Waals surface area contributed by atoms with Gasteiger partial charge < -0.3 is 19.8 Å². The lowest BCUT2D eigenvalue weighted by Crippen LogP contribution is -2.31. The van der Waals surface area contributed by atoms with Crippen molar-refractivity contribution in [2.75, 3.05) is 17.3 Å². The molecule has 0 unspecified atom stereocenters. The van der Waals surface area contributed by atoms with E-state index < -0.39 is 29.3 Å². The molecule has 11 heteroatoms. The standard InChI is InChI=1S/C28H20F4N4O3/c1-36(19-5-9-21(10-6-19)38-24-13-15-34-26-22(24)12-14-33-26)27(37)35-18-4-11-25(23(16-18)28(30,31)32)39-20-7-2-17(29)3-8-20/h2-16H,1H3,(H,33,34)(H,35,37). The molecule has 0 atom stereocenters. The summed E-state index contributed by atoms with van der Waals surface area (Å²) >= 11 is 0. The minimum absolute atomic E-state index is 0.0345. The van der Waals surface area contributed by atoms with E-state index in [1.54, 1.807) is 42.7 Å². The molecule has 5 rings (SSSR count). The average molecular weight is 536 g/mol. The van der Waals surface area contributed by atoms with Gasteiger partial charge in [-0.05, 0) is 78.9 Å². The fourth-order valence-corrected chi connectivity index (χ4v) is 3.76. The monoisotopic (exact) mass is 536 g/mol. The number of rotatable bonds is 6. The molecule has 5 aromatic rings. The van der Waals surface area contributed by atoms with Gasteiger partial charge in [0.1, 0.15) is 40.0 Å². The summed E-state index contributed by atoms with van der Waals surface area (Å²) in [5.41, 5.74) is -0.0156. The van der Waals surface area contributed by atoms with Gasteiger partial charge in [-0.3, -0.25) is 4.90 Å². The largest absolute Gasteiger partial charge is 0.457 e. The van der Waals surface area contributed by atoms with Crippen molar-refractivity contribution >= 4 is 28.4 Å². The van der Waals surface area contributed by atoms with Crippen molar-refractivity contribution in [2.24, 2.45) is 0 Å². The van der Waals surface area contributed by atoms with Crippen LogP contribution in [0.5, 0.6) is 23.0 Å². The Hall–Kier alpha value is -5.06. The third kappa shape index (κ3) is 5.77. The van der Waals surface area contributed by atoms with Gasteiger partial charge in [0.15, 0.2) is 0 Å². The van der Waals surface area contributed by atoms with E-state index in [-0.39, 0.29) is 11.4 Å². The highest BCUT2D eigenvalue weighted by Crippen LogP contribution is 2.40. The first-order valence-electron chi connectivity index (χ1n) is 11.6. The summed E-state index contributed by atoms with van der Waals surface area (Å²) in [6.07, 6.45) is -1.39. The van der Waals surface area contributed by atoms with Crippen molar-refractivity contribution in [1.82, 2.24) is 9.97 Å². The Balaban J connectivity index is 1.28. The summed E-state index contributed by atoms with van der Waals surface area (Å²) in [7, 11) is 1.48. The molecular formula is C28H20F4N4O3. The number of hydrogen-bond acceptors (Lipinski definition) is 4. The number of aromatic amines is 1. The second-order valence-electron chi connectivity index (χ2n) is 8.40. The van der Waals surface area contributed by atoms with Gasteiger partial charge >= 0.3 is 12.2 Å². The second kappa shape index (κ2) is 10.4. The first-order valence-corrected chi connectivity index (χ1v) is 11.6. The number of carbonyl (C=O) groups is 1. The van der Waals surface area contributed by atoms with Crippen molar-refractivity contribution in [3.05, 3.63) is 103 Å². The maximum atomic E-state index is 13.7. The zero-order chi connectivity index (χ0) is 27.6. The molecule has 0 radical (unpaired) electrons. The van der Waals surface area contributed by atoms with Crippen molar-refractivity contribution < 1.29 is 31.8 Å². The van der Waals surface area contributed by atoms with Gasteiger partial charge in [0.2, 0.25) is 0 Å². The second-order valence-corrected chi connectivity index (χ2v) is 8.40. The SMILES string of the molecule is CN(C(=O)Nc1ccc(Oc2ccc(F)cc2)c(C(F)(F)F)c1)c1ccc(Oc2ccnc3[nH]ccc23)cc1. The number of anilines is 2. The molecule has 0 saturated heterocycles. The lowest BCUT2D eigenvalue weighted by molar-refractivity contribution is -0.138. The number of aromatic nitrogens is 2. The van der Waals surface area contributed by atoms with Crippen LogP contribution in [0.4, 0.5) is 33.7 Å². The van der Waals surface area contributed by atoms with E-state index in [2.05, 4.69) is 15.3 Å². The molecule has 0 bridgehead atoms. The van der Waals surface area contributed by atoms with Crippen molar-refractivity contribution in [1.29, 1.82) is 0 Å². The van der Waals surface area contributed by atoms with Crippen LogP contribution < -0.4 is 19.7 Å². The lowest BCUT2D eigenvalue weighted by atomic mass is 10.1. The fourth-order valence-electron chi connectivity index (χ4n) is 3.76. The molecule has 0 aliphatic carbocycles. The normalized spacial score (nSPS) is 11.3. The van der Waals surface area contributed by atoms with Gasteiger partial charge in [-0.1, -0.05) is 0 Å². The Morgan fingerprint density at radius 3 is 2.26 bits per heavy atom. The predicted molar refractivity (Wildman–Crippen MR) is 138 cm³/mol. The van der Waals surface area contributed by atoms with E-state index in [4.69, 9.17) is 9.47 Å². The highest BCUT2D eigenvalue weighted by atomic mass is 19.4. The third-order valence-corrected chi connectivity index (χ3v) is 5.75. The molecule has 2 aromatic heterocycles. The van der Waals surface area contributed by atoms with Gasteiger partial charge in [-0.15, -0.1) is 0 Å². The third-order valence-electron chi connectivity index (χ3n) is 5.75. The number of alkyl halides is 3. The predicted octanol–water partition coefficient (Wildman–Crippen LogP) is 7.97. The van der Waals surface area contributed by atoms with Gasteiger partial charge in [-0.2, -0.15) is 13.2 Å². The highest BCUT2D eigenvalue weighted by Gasteiger charge is 2.35. The van der Waals surface area contributed by atoms with E-state index in [1.165, 1.54) is 30.1 Å². The number of halogens is 4. The summed E-state index contributed by atoms with van der Waals surface area (Å²) in [4.78, 5) is 21.3. The van der Waals surface area contributed by atoms with E-state index >= 15 is 0 Å². The minimum Gasteiger partial charge on any atom is -0.457 e. The molecule has 198 valence electrons. The van der Waals surface area contributed by atoms with Crippen molar-refractivity contribution in [3.63, 3.8) is 0 Å². The molecule has 2 N–H and O–H groups in total. The van der Waals surface area contributed by atoms with E-state index in [1.807, 2.05) is 6.07 Å². The number of nitrogens with zero attached hydrogens (tertiary/aromatic N) is 2. The van der Waals surface area contributed by atoms with E-state index in [0.717, 1.165) is 29.7 Å². The van der Waals surface area contributed by atoms with Crippen LogP contribution in [0, 0.1) is 5.82 Å². The van der Waals surface area contributed by atoms with Crippen LogP contribution in [-0.4, -0.2) is 23.0 Å². The molecule has 2 heterocycles. The zero-order valence-corrected chi connectivity index (χ0v) is 20.3. The smallest absolute Gasteiger partial charge is 0.420 e. The Morgan fingerprint density at radius 2 is 1.56 bits per heavy atom. The maximum Gasteiger partial charge on any atom is 0.420 e. The quantitative estimate of drug-likeness (QED) is 0.216. The van der Waals surface area contributed by atoms with Crippen LogP contribution >= 0.6 is 0 Å². The number of pyridine rings is 1. The number of amides is 2. The number of urea groups is 1. The summed E-state index contributed by atoms with van der Waals surface area (Å²) in [6, 6.07) is 17.3. The van der Waals surface area contributed by atoms with Crippen LogP contribution in [0.3, 0.4) is 0 Å². The molecule has 0 aliphatic heterocycles. The summed E-state index contributed by atoms with van der Waals surface area (Å²) in [6.45, 7) is 0. The summed E-state index contributed by atoms with van der Waals surface area (Å²) in [5, 5.41) is 3.27. The van der Waals surface area contributed by atoms with Crippen LogP contribution in [0.2, 0.25) is 0 Å². The highest BCUT2D eigenvalue weighted by molar-refractivity contribution is 6.01. The molecule has 7 nitrogen and oxygen atoms in total. The van der Waals surface area contributed by atoms with Crippen molar-refractivity contribution in [3.8, 4) is 23.0 Å². The van der Waals surface area contributed by atoms with Crippen LogP contribution in [0.1, 0.15) is 5.56 Å². The molecule has 2 amide bonds. The van der Waals surface area contributed by atoms with E-state index in [0.29, 0.717) is 22.8 Å².